The fourth-order valence-electron chi connectivity index (χ4n) is 4.80. The highest BCUT2D eigenvalue weighted by atomic mass is 79.9. The maximum absolute atomic E-state index is 14.1. The lowest BCUT2D eigenvalue weighted by Crippen LogP contribution is -2.31. The van der Waals surface area contributed by atoms with Gasteiger partial charge in [-0.2, -0.15) is 4.98 Å². The number of anilines is 1. The van der Waals surface area contributed by atoms with Crippen LogP contribution in [0.3, 0.4) is 0 Å². The Bertz CT molecular complexity index is 1540. The molecule has 9 heteroatoms. The largest absolute Gasteiger partial charge is 0.489 e. The van der Waals surface area contributed by atoms with Crippen molar-refractivity contribution in [2.24, 2.45) is 0 Å². The lowest BCUT2D eigenvalue weighted by Gasteiger charge is -2.32. The number of fused-ring (bicyclic) bond motifs is 1. The number of hydrogen-bond acceptors (Lipinski definition) is 6. The predicted octanol–water partition coefficient (Wildman–Crippen LogP) is 7.07. The van der Waals surface area contributed by atoms with Crippen LogP contribution in [0.25, 0.3) is 0 Å². The first-order valence-electron chi connectivity index (χ1n) is 12.4. The van der Waals surface area contributed by atoms with E-state index in [2.05, 4.69) is 26.2 Å². The van der Waals surface area contributed by atoms with Gasteiger partial charge in [0.05, 0.1) is 0 Å². The molecule has 3 aromatic carbocycles. The highest BCUT2D eigenvalue weighted by molar-refractivity contribution is 9.10. The molecule has 0 radical (unpaired) electrons. The predicted molar refractivity (Wildman–Crippen MR) is 149 cm³/mol. The summed E-state index contributed by atoms with van der Waals surface area (Å²) in [5.74, 6) is 1.63. The van der Waals surface area contributed by atoms with Crippen LogP contribution in [-0.2, 0) is 17.2 Å². The van der Waals surface area contributed by atoms with Crippen molar-refractivity contribution in [2.45, 2.75) is 42.8 Å². The molecule has 2 aliphatic rings. The summed E-state index contributed by atoms with van der Waals surface area (Å²) in [4.78, 5) is 17.8. The van der Waals surface area contributed by atoms with Crippen molar-refractivity contribution in [3.63, 3.8) is 0 Å². The Balaban J connectivity index is 1.26. The zero-order chi connectivity index (χ0) is 26.1. The summed E-state index contributed by atoms with van der Waals surface area (Å²) < 4.78 is 22.9. The van der Waals surface area contributed by atoms with Gasteiger partial charge in [0, 0.05) is 27.9 Å². The molecule has 1 N–H and O–H groups in total. The third kappa shape index (κ3) is 5.13. The van der Waals surface area contributed by atoms with Gasteiger partial charge in [-0.15, -0.1) is 5.10 Å². The fourth-order valence-corrected chi connectivity index (χ4v) is 6.07. The van der Waals surface area contributed by atoms with Gasteiger partial charge >= 0.3 is 0 Å². The Kier molecular flexibility index (Phi) is 7.04. The number of hydrogen-bond donors (Lipinski definition) is 1. The van der Waals surface area contributed by atoms with E-state index >= 15 is 0 Å². The van der Waals surface area contributed by atoms with E-state index in [9.17, 15) is 9.18 Å². The monoisotopic (exact) mass is 590 g/mol. The maximum atomic E-state index is 14.1. The molecule has 1 aromatic heterocycles. The number of carbonyl (C=O) groups excluding carboxylic acids is 1. The van der Waals surface area contributed by atoms with Crippen LogP contribution in [0, 0.1) is 5.82 Å². The van der Waals surface area contributed by atoms with E-state index in [4.69, 9.17) is 9.84 Å². The topological polar surface area (TPSA) is 69.0 Å². The average molecular weight is 592 g/mol. The van der Waals surface area contributed by atoms with Crippen LogP contribution >= 0.6 is 27.7 Å². The van der Waals surface area contributed by atoms with Gasteiger partial charge in [-0.1, -0.05) is 70.2 Å². The van der Waals surface area contributed by atoms with Gasteiger partial charge in [-0.05, 0) is 59.9 Å². The van der Waals surface area contributed by atoms with E-state index in [1.807, 2.05) is 54.6 Å². The summed E-state index contributed by atoms with van der Waals surface area (Å²) in [6, 6.07) is 22.1. The molecule has 1 aliphatic carbocycles. The zero-order valence-corrected chi connectivity index (χ0v) is 22.8. The van der Waals surface area contributed by atoms with Gasteiger partial charge in [-0.25, -0.2) is 9.07 Å². The second kappa shape index (κ2) is 10.7. The van der Waals surface area contributed by atoms with Crippen LogP contribution in [0.5, 0.6) is 5.75 Å². The number of nitrogens with one attached hydrogen (secondary N) is 1. The Hall–Kier alpha value is -3.43. The number of halogens is 2. The SMILES string of the molecule is O=C1CCCC2=C1C(c1ccc(OCc3cccc(Br)c3)cc1)n1nc(SCc3ccccc3F)nc1N2. The molecule has 0 fully saturated rings. The minimum absolute atomic E-state index is 0.125. The molecule has 0 saturated heterocycles. The van der Waals surface area contributed by atoms with Gasteiger partial charge < -0.3 is 10.1 Å². The molecule has 0 spiro atoms. The molecule has 38 heavy (non-hydrogen) atoms. The second-order valence-corrected chi connectivity index (χ2v) is 11.1. The quantitative estimate of drug-likeness (QED) is 0.232. The maximum Gasteiger partial charge on any atom is 0.227 e. The van der Waals surface area contributed by atoms with Crippen molar-refractivity contribution in [3.8, 4) is 5.75 Å². The highest BCUT2D eigenvalue weighted by Crippen LogP contribution is 2.41. The molecular weight excluding hydrogens is 567 g/mol. The molecule has 0 saturated carbocycles. The van der Waals surface area contributed by atoms with Crippen LogP contribution in [0.1, 0.15) is 42.0 Å². The van der Waals surface area contributed by atoms with Crippen molar-refractivity contribution < 1.29 is 13.9 Å². The number of allylic oxidation sites excluding steroid dienone is 2. The lowest BCUT2D eigenvalue weighted by atomic mass is 9.85. The smallest absolute Gasteiger partial charge is 0.227 e. The van der Waals surface area contributed by atoms with Gasteiger partial charge in [0.1, 0.15) is 24.2 Å². The third-order valence-electron chi connectivity index (χ3n) is 6.65. The first kappa shape index (κ1) is 24.9. The molecular formula is C29H24BrFN4O2S. The number of benzene rings is 3. The fraction of sp³-hybridized carbons (Fsp3) is 0.207. The number of ketones is 1. The standard InChI is InChI=1S/C29H24BrFN4O2S/c30-21-7-3-5-18(15-21)16-37-22-13-11-19(12-14-22)27-26-24(9-4-10-25(26)36)32-28-33-29(34-35(27)28)38-17-20-6-1-2-8-23(20)31/h1-3,5-8,11-15,27H,4,9-10,16-17H2,(H,32,33,34). The van der Waals surface area contributed by atoms with Crippen molar-refractivity contribution >= 4 is 39.4 Å². The number of Topliss-reactive ketones (excluding diaryl/α,β-unsaturated/α-hetero) is 1. The van der Waals surface area contributed by atoms with Crippen molar-refractivity contribution in [3.05, 3.63) is 111 Å². The summed E-state index contributed by atoms with van der Waals surface area (Å²) in [5.41, 5.74) is 4.24. The first-order valence-corrected chi connectivity index (χ1v) is 14.2. The van der Waals surface area contributed by atoms with Crippen LogP contribution in [0.4, 0.5) is 10.3 Å². The molecule has 1 atom stereocenters. The molecule has 1 unspecified atom stereocenters. The number of carbonyl (C=O) groups is 1. The van der Waals surface area contributed by atoms with Crippen molar-refractivity contribution in [1.82, 2.24) is 14.8 Å². The molecule has 6 rings (SSSR count). The van der Waals surface area contributed by atoms with E-state index in [0.29, 0.717) is 35.4 Å². The van der Waals surface area contributed by atoms with Gasteiger partial charge in [0.25, 0.3) is 0 Å². The number of ether oxygens (including phenoxy) is 1. The number of thioether (sulfide) groups is 1. The molecule has 192 valence electrons. The first-order chi connectivity index (χ1) is 18.5. The van der Waals surface area contributed by atoms with Crippen molar-refractivity contribution in [2.75, 3.05) is 5.32 Å². The van der Waals surface area contributed by atoms with Gasteiger partial charge in [0.2, 0.25) is 11.1 Å². The number of rotatable bonds is 7. The van der Waals surface area contributed by atoms with Crippen LogP contribution in [-0.4, -0.2) is 20.5 Å². The van der Waals surface area contributed by atoms with E-state index in [-0.39, 0.29) is 17.6 Å². The minimum atomic E-state index is -0.386. The molecule has 4 aromatic rings. The summed E-state index contributed by atoms with van der Waals surface area (Å²) in [6.45, 7) is 0.454. The summed E-state index contributed by atoms with van der Waals surface area (Å²) >= 11 is 4.86. The van der Waals surface area contributed by atoms with E-state index < -0.39 is 0 Å². The van der Waals surface area contributed by atoms with Crippen LogP contribution < -0.4 is 10.1 Å². The lowest BCUT2D eigenvalue weighted by molar-refractivity contribution is -0.116. The second-order valence-electron chi connectivity index (χ2n) is 9.23. The molecule has 0 amide bonds. The van der Waals surface area contributed by atoms with Crippen molar-refractivity contribution in [1.29, 1.82) is 0 Å². The summed E-state index contributed by atoms with van der Waals surface area (Å²) in [5, 5.41) is 8.62. The van der Waals surface area contributed by atoms with E-state index in [1.54, 1.807) is 16.8 Å². The zero-order valence-electron chi connectivity index (χ0n) is 20.4. The summed E-state index contributed by atoms with van der Waals surface area (Å²) in [6.07, 6.45) is 2.11. The Morgan fingerprint density at radius 3 is 2.74 bits per heavy atom. The molecule has 2 heterocycles. The third-order valence-corrected chi connectivity index (χ3v) is 8.03. The number of aromatic nitrogens is 3. The van der Waals surface area contributed by atoms with Gasteiger partial charge in [0.15, 0.2) is 5.78 Å². The Morgan fingerprint density at radius 2 is 1.92 bits per heavy atom. The van der Waals surface area contributed by atoms with Gasteiger partial charge in [-0.3, -0.25) is 4.79 Å². The highest BCUT2D eigenvalue weighted by Gasteiger charge is 2.36. The summed E-state index contributed by atoms with van der Waals surface area (Å²) in [7, 11) is 0. The van der Waals surface area contributed by atoms with E-state index in [0.717, 1.165) is 45.5 Å². The Labute approximate surface area is 232 Å². The molecule has 1 aliphatic heterocycles. The average Bonchev–Trinajstić information content (AvgIpc) is 3.33. The minimum Gasteiger partial charge on any atom is -0.489 e. The van der Waals surface area contributed by atoms with Crippen LogP contribution in [0.15, 0.2) is 93.7 Å². The molecule has 6 nitrogen and oxygen atoms in total. The van der Waals surface area contributed by atoms with Crippen LogP contribution in [0.2, 0.25) is 0 Å². The number of nitrogens with zero attached hydrogens (tertiary/aromatic N) is 3. The van der Waals surface area contributed by atoms with E-state index in [1.165, 1.54) is 17.8 Å². The Morgan fingerprint density at radius 1 is 1.08 bits per heavy atom. The molecule has 0 bridgehead atoms. The normalized spacial score (nSPS) is 16.6.